The van der Waals surface area contributed by atoms with Crippen LogP contribution < -0.4 is 0 Å². The van der Waals surface area contributed by atoms with Gasteiger partial charge in [-0.15, -0.1) is 11.6 Å². The van der Waals surface area contributed by atoms with Crippen LogP contribution in [0.2, 0.25) is 0 Å². The second-order valence-corrected chi connectivity index (χ2v) is 5.13. The molecule has 1 saturated carbocycles. The smallest absolute Gasteiger partial charge is 0.0258 e. The molecule has 80 valence electrons. The lowest BCUT2D eigenvalue weighted by Crippen LogP contribution is -2.24. The lowest BCUT2D eigenvalue weighted by Gasteiger charge is -2.18. The molecule has 2 fully saturated rings. The van der Waals surface area contributed by atoms with Crippen LogP contribution >= 0.6 is 11.6 Å². The summed E-state index contributed by atoms with van der Waals surface area (Å²) < 4.78 is 0. The van der Waals surface area contributed by atoms with Gasteiger partial charge in [0.25, 0.3) is 0 Å². The molecule has 0 bridgehead atoms. The highest BCUT2D eigenvalue weighted by molar-refractivity contribution is 6.18. The van der Waals surface area contributed by atoms with Gasteiger partial charge in [-0.1, -0.05) is 30.3 Å². The zero-order valence-corrected chi connectivity index (χ0v) is 9.53. The van der Waals surface area contributed by atoms with Gasteiger partial charge >= 0.3 is 0 Å². The second-order valence-electron chi connectivity index (χ2n) is 4.83. The molecule has 2 unspecified atom stereocenters. The fraction of sp³-hybridized carbons (Fsp3) is 0.538. The van der Waals surface area contributed by atoms with Crippen molar-refractivity contribution >= 4 is 11.6 Å². The van der Waals surface area contributed by atoms with E-state index in [1.54, 1.807) is 0 Å². The highest BCUT2D eigenvalue weighted by Crippen LogP contribution is 2.52. The number of hydrogen-bond donors (Lipinski definition) is 0. The molecule has 1 heterocycles. The van der Waals surface area contributed by atoms with Crippen LogP contribution in [0.1, 0.15) is 5.56 Å². The predicted octanol–water partition coefficient (Wildman–Crippen LogP) is 2.60. The van der Waals surface area contributed by atoms with Crippen LogP contribution in [0.4, 0.5) is 0 Å². The molecule has 1 aromatic carbocycles. The summed E-state index contributed by atoms with van der Waals surface area (Å²) in [5, 5.41) is 0. The number of rotatable bonds is 3. The number of likely N-dealkylation sites (tertiary alicyclic amines) is 1. The fourth-order valence-corrected chi connectivity index (χ4v) is 3.39. The number of benzene rings is 1. The fourth-order valence-electron chi connectivity index (χ4n) is 2.94. The van der Waals surface area contributed by atoms with Crippen molar-refractivity contribution < 1.29 is 0 Å². The van der Waals surface area contributed by atoms with Gasteiger partial charge in [0.2, 0.25) is 0 Å². The van der Waals surface area contributed by atoms with Crippen LogP contribution in [0.3, 0.4) is 0 Å². The van der Waals surface area contributed by atoms with E-state index in [1.807, 2.05) is 0 Å². The third kappa shape index (κ3) is 1.79. The summed E-state index contributed by atoms with van der Waals surface area (Å²) in [4.78, 5) is 2.56. The van der Waals surface area contributed by atoms with Gasteiger partial charge in [-0.25, -0.2) is 0 Å². The van der Waals surface area contributed by atoms with E-state index >= 15 is 0 Å². The lowest BCUT2D eigenvalue weighted by atomic mass is 10.2. The van der Waals surface area contributed by atoms with E-state index in [2.05, 4.69) is 35.2 Å². The van der Waals surface area contributed by atoms with Crippen molar-refractivity contribution in [1.29, 1.82) is 0 Å². The first-order valence-corrected chi connectivity index (χ1v) is 6.24. The summed E-state index contributed by atoms with van der Waals surface area (Å²) in [6.07, 6.45) is 0. The minimum atomic E-state index is 0.832. The molecule has 1 aromatic rings. The Hall–Kier alpha value is -0.530. The summed E-state index contributed by atoms with van der Waals surface area (Å²) in [5.41, 5.74) is 1.43. The highest BCUT2D eigenvalue weighted by Gasteiger charge is 2.54. The van der Waals surface area contributed by atoms with E-state index in [0.717, 1.165) is 30.2 Å². The van der Waals surface area contributed by atoms with E-state index in [0.29, 0.717) is 0 Å². The standard InChI is InChI=1S/C13H16ClN/c14-6-11-12-8-15(9-13(11)12)7-10-4-2-1-3-5-10/h1-5,11-13H,6-9H2. The van der Waals surface area contributed by atoms with Crippen molar-refractivity contribution in [1.82, 2.24) is 4.90 Å². The maximum atomic E-state index is 5.89. The van der Waals surface area contributed by atoms with Crippen LogP contribution in [-0.4, -0.2) is 23.9 Å². The molecule has 1 nitrogen and oxygen atoms in total. The molecule has 2 heteroatoms. The second kappa shape index (κ2) is 3.80. The Kier molecular flexibility index (Phi) is 2.45. The number of alkyl halides is 1. The quantitative estimate of drug-likeness (QED) is 0.710. The van der Waals surface area contributed by atoms with Crippen molar-refractivity contribution in [2.45, 2.75) is 6.54 Å². The largest absolute Gasteiger partial charge is 0.298 e. The summed E-state index contributed by atoms with van der Waals surface area (Å²) in [7, 11) is 0. The Labute approximate surface area is 96.0 Å². The van der Waals surface area contributed by atoms with Crippen molar-refractivity contribution in [2.24, 2.45) is 17.8 Å². The van der Waals surface area contributed by atoms with Gasteiger partial charge in [-0.3, -0.25) is 4.90 Å². The molecule has 1 aliphatic heterocycles. The van der Waals surface area contributed by atoms with E-state index in [4.69, 9.17) is 11.6 Å². The summed E-state index contributed by atoms with van der Waals surface area (Å²) in [6, 6.07) is 10.7. The van der Waals surface area contributed by atoms with Gasteiger partial charge in [-0.05, 0) is 23.3 Å². The molecule has 0 N–H and O–H groups in total. The number of halogens is 1. The first-order chi connectivity index (χ1) is 7.38. The first-order valence-electron chi connectivity index (χ1n) is 5.70. The summed E-state index contributed by atoms with van der Waals surface area (Å²) >= 11 is 5.89. The summed E-state index contributed by atoms with van der Waals surface area (Å²) in [6.45, 7) is 3.64. The molecule has 2 atom stereocenters. The SMILES string of the molecule is ClCC1C2CN(Cc3ccccc3)CC12. The highest BCUT2D eigenvalue weighted by atomic mass is 35.5. The molecule has 2 aliphatic rings. The molecule has 3 rings (SSSR count). The van der Waals surface area contributed by atoms with Crippen molar-refractivity contribution in [3.8, 4) is 0 Å². The Morgan fingerprint density at radius 2 is 1.80 bits per heavy atom. The van der Waals surface area contributed by atoms with Crippen molar-refractivity contribution in [3.63, 3.8) is 0 Å². The first kappa shape index (κ1) is 9.68. The molecule has 0 spiro atoms. The number of hydrogen-bond acceptors (Lipinski definition) is 1. The van der Waals surface area contributed by atoms with Crippen LogP contribution in [0.15, 0.2) is 30.3 Å². The average molecular weight is 222 g/mol. The van der Waals surface area contributed by atoms with Gasteiger partial charge in [0.05, 0.1) is 0 Å². The maximum Gasteiger partial charge on any atom is 0.0258 e. The summed E-state index contributed by atoms with van der Waals surface area (Å²) in [5.74, 6) is 3.52. The van der Waals surface area contributed by atoms with Crippen LogP contribution in [0.25, 0.3) is 0 Å². The van der Waals surface area contributed by atoms with Crippen molar-refractivity contribution in [3.05, 3.63) is 35.9 Å². The third-order valence-electron chi connectivity index (χ3n) is 3.87. The normalized spacial score (nSPS) is 34.1. The van der Waals surface area contributed by atoms with Gasteiger partial charge in [0, 0.05) is 25.5 Å². The molecule has 1 saturated heterocycles. The topological polar surface area (TPSA) is 3.24 Å². The monoisotopic (exact) mass is 221 g/mol. The lowest BCUT2D eigenvalue weighted by molar-refractivity contribution is 0.282. The maximum absolute atomic E-state index is 5.89. The van der Waals surface area contributed by atoms with E-state index in [-0.39, 0.29) is 0 Å². The zero-order chi connectivity index (χ0) is 10.3. The average Bonchev–Trinajstić information content (AvgIpc) is 2.75. The van der Waals surface area contributed by atoms with Crippen LogP contribution in [0, 0.1) is 17.8 Å². The zero-order valence-electron chi connectivity index (χ0n) is 8.77. The minimum Gasteiger partial charge on any atom is -0.298 e. The Balaban J connectivity index is 1.56. The Morgan fingerprint density at radius 1 is 1.13 bits per heavy atom. The Bertz CT molecular complexity index is 326. The molecule has 0 amide bonds. The number of fused-ring (bicyclic) bond motifs is 1. The van der Waals surface area contributed by atoms with Gasteiger partial charge in [0.1, 0.15) is 0 Å². The van der Waals surface area contributed by atoms with E-state index < -0.39 is 0 Å². The van der Waals surface area contributed by atoms with Crippen LogP contribution in [0.5, 0.6) is 0 Å². The molecule has 0 aromatic heterocycles. The molecule has 1 aliphatic carbocycles. The van der Waals surface area contributed by atoms with Gasteiger partial charge in [0.15, 0.2) is 0 Å². The Morgan fingerprint density at radius 3 is 2.40 bits per heavy atom. The number of piperidine rings is 1. The van der Waals surface area contributed by atoms with E-state index in [1.165, 1.54) is 18.7 Å². The molecule has 0 radical (unpaired) electrons. The van der Waals surface area contributed by atoms with Crippen LogP contribution in [-0.2, 0) is 6.54 Å². The van der Waals surface area contributed by atoms with Crippen molar-refractivity contribution in [2.75, 3.05) is 19.0 Å². The molecular weight excluding hydrogens is 206 g/mol. The predicted molar refractivity (Wildman–Crippen MR) is 62.9 cm³/mol. The number of nitrogens with zero attached hydrogens (tertiary/aromatic N) is 1. The third-order valence-corrected chi connectivity index (χ3v) is 4.23. The minimum absolute atomic E-state index is 0.832. The molecular formula is C13H16ClN. The van der Waals surface area contributed by atoms with E-state index in [9.17, 15) is 0 Å². The van der Waals surface area contributed by atoms with Gasteiger partial charge in [-0.2, -0.15) is 0 Å². The molecule has 15 heavy (non-hydrogen) atoms. The van der Waals surface area contributed by atoms with Gasteiger partial charge < -0.3 is 0 Å².